The molecule has 1 saturated heterocycles. The van der Waals surface area contributed by atoms with Crippen LogP contribution in [0.1, 0.15) is 27.0 Å². The smallest absolute Gasteiger partial charge is 0.258 e. The predicted octanol–water partition coefficient (Wildman–Crippen LogP) is 2.42. The fourth-order valence-electron chi connectivity index (χ4n) is 4.11. The minimum atomic E-state index is -1.53. The molecule has 2 unspecified atom stereocenters. The van der Waals surface area contributed by atoms with Crippen molar-refractivity contribution >= 4 is 29.0 Å². The predicted molar refractivity (Wildman–Crippen MR) is 111 cm³/mol. The number of carbonyl (C=O) groups excluding carboxylic acids is 2. The number of nitriles is 1. The van der Waals surface area contributed by atoms with Crippen LogP contribution in [0.4, 0.5) is 0 Å². The first-order chi connectivity index (χ1) is 13.8. The Morgan fingerprint density at radius 2 is 1.69 bits per heavy atom. The van der Waals surface area contributed by atoms with Crippen LogP contribution >= 0.6 is 12.2 Å². The van der Waals surface area contributed by atoms with Crippen LogP contribution in [0.2, 0.25) is 0 Å². The lowest BCUT2D eigenvalue weighted by atomic mass is 9.72. The minimum Gasteiger partial charge on any atom is -0.384 e. The first-order valence-corrected chi connectivity index (χ1v) is 9.46. The molecule has 2 aromatic rings. The van der Waals surface area contributed by atoms with E-state index in [2.05, 4.69) is 11.4 Å². The summed E-state index contributed by atoms with van der Waals surface area (Å²) in [5, 5.41) is 12.6. The third-order valence-electron chi connectivity index (χ3n) is 5.56. The van der Waals surface area contributed by atoms with Gasteiger partial charge >= 0.3 is 0 Å². The zero-order chi connectivity index (χ0) is 20.9. The Morgan fingerprint density at radius 1 is 1.14 bits per heavy atom. The lowest BCUT2D eigenvalue weighted by Gasteiger charge is -2.35. The van der Waals surface area contributed by atoms with Crippen LogP contribution < -0.4 is 11.1 Å². The van der Waals surface area contributed by atoms with Gasteiger partial charge in [0.25, 0.3) is 5.91 Å². The van der Waals surface area contributed by atoms with Gasteiger partial charge in [-0.15, -0.1) is 0 Å². The van der Waals surface area contributed by atoms with E-state index in [1.54, 1.807) is 24.3 Å². The molecular weight excluding hydrogens is 384 g/mol. The minimum absolute atomic E-state index is 0.0295. The van der Waals surface area contributed by atoms with Crippen LogP contribution in [-0.2, 0) is 10.3 Å². The molecule has 7 heteroatoms. The van der Waals surface area contributed by atoms with Crippen LogP contribution in [0.3, 0.4) is 0 Å². The van der Waals surface area contributed by atoms with Crippen molar-refractivity contribution in [2.45, 2.75) is 19.4 Å². The maximum Gasteiger partial charge on any atom is 0.258 e. The number of ketones is 1. The van der Waals surface area contributed by atoms with Gasteiger partial charge in [0.05, 0.1) is 17.6 Å². The van der Waals surface area contributed by atoms with Crippen LogP contribution in [-0.4, -0.2) is 21.7 Å². The molecule has 0 radical (unpaired) electrons. The van der Waals surface area contributed by atoms with Gasteiger partial charge in [0.2, 0.25) is 0 Å². The largest absolute Gasteiger partial charge is 0.384 e. The molecule has 2 aliphatic heterocycles. The van der Waals surface area contributed by atoms with Crippen molar-refractivity contribution in [3.63, 3.8) is 0 Å². The highest BCUT2D eigenvalue weighted by molar-refractivity contribution is 7.80. The van der Waals surface area contributed by atoms with Crippen molar-refractivity contribution in [2.75, 3.05) is 0 Å². The summed E-state index contributed by atoms with van der Waals surface area (Å²) in [6.07, 6.45) is 0. The lowest BCUT2D eigenvalue weighted by Crippen LogP contribution is -2.51. The van der Waals surface area contributed by atoms with Gasteiger partial charge in [0.1, 0.15) is 5.82 Å². The normalized spacial score (nSPS) is 23.1. The first-order valence-electron chi connectivity index (χ1n) is 9.05. The summed E-state index contributed by atoms with van der Waals surface area (Å²) >= 11 is 5.34. The Balaban J connectivity index is 1.99. The highest BCUT2D eigenvalue weighted by atomic mass is 32.1. The van der Waals surface area contributed by atoms with Crippen molar-refractivity contribution < 1.29 is 9.59 Å². The standard InChI is InChI=1S/C22H18N4O2S/c1-12-3-7-14(8-4-12)18(27)17-16(11-23)19(24)26-21(29)25-20(28)22(17,26)15-9-5-13(2)6-10-15/h3-10,17H,24H2,1-2H3,(H,25,28,29). The molecule has 0 bridgehead atoms. The van der Waals surface area contributed by atoms with Gasteiger partial charge in [-0.05, 0) is 31.6 Å². The van der Waals surface area contributed by atoms with Crippen LogP contribution in [0.5, 0.6) is 0 Å². The van der Waals surface area contributed by atoms with E-state index >= 15 is 0 Å². The molecule has 0 saturated carbocycles. The zero-order valence-corrected chi connectivity index (χ0v) is 16.7. The maximum atomic E-state index is 13.6. The van der Waals surface area contributed by atoms with E-state index in [9.17, 15) is 14.9 Å². The third-order valence-corrected chi connectivity index (χ3v) is 5.84. The van der Waals surface area contributed by atoms with E-state index in [1.165, 1.54) is 4.90 Å². The molecule has 2 atom stereocenters. The molecule has 2 aliphatic rings. The van der Waals surface area contributed by atoms with E-state index in [0.29, 0.717) is 11.1 Å². The van der Waals surface area contributed by atoms with Gasteiger partial charge in [-0.2, -0.15) is 5.26 Å². The number of hydrogen-bond acceptors (Lipinski definition) is 5. The number of nitrogens with zero attached hydrogens (tertiary/aromatic N) is 2. The van der Waals surface area contributed by atoms with Gasteiger partial charge in [-0.3, -0.25) is 14.5 Å². The van der Waals surface area contributed by atoms with Crippen molar-refractivity contribution in [1.82, 2.24) is 10.2 Å². The molecule has 2 heterocycles. The van der Waals surface area contributed by atoms with Crippen LogP contribution in [0.25, 0.3) is 0 Å². The Hall–Kier alpha value is -3.50. The summed E-state index contributed by atoms with van der Waals surface area (Å²) in [5.74, 6) is -1.90. The number of aryl methyl sites for hydroxylation is 2. The topological polar surface area (TPSA) is 99.2 Å². The number of carbonyl (C=O) groups is 2. The molecule has 0 aromatic heterocycles. The zero-order valence-electron chi connectivity index (χ0n) is 15.9. The quantitative estimate of drug-likeness (QED) is 0.604. The SMILES string of the molecule is Cc1ccc(C(=O)C2C(C#N)=C(N)N3C(=S)NC(=O)C23c2ccc(C)cc2)cc1. The fourth-order valence-corrected chi connectivity index (χ4v) is 4.44. The summed E-state index contributed by atoms with van der Waals surface area (Å²) in [6.45, 7) is 3.84. The van der Waals surface area contributed by atoms with Gasteiger partial charge in [-0.1, -0.05) is 59.7 Å². The Morgan fingerprint density at radius 3 is 2.24 bits per heavy atom. The summed E-state index contributed by atoms with van der Waals surface area (Å²) in [7, 11) is 0. The summed E-state index contributed by atoms with van der Waals surface area (Å²) in [5.41, 5.74) is 7.74. The molecule has 3 N–H and O–H groups in total. The highest BCUT2D eigenvalue weighted by Gasteiger charge is 2.66. The molecule has 0 aliphatic carbocycles. The second-order valence-electron chi connectivity index (χ2n) is 7.30. The second-order valence-corrected chi connectivity index (χ2v) is 7.69. The van der Waals surface area contributed by atoms with E-state index < -0.39 is 17.4 Å². The molecule has 2 aromatic carbocycles. The van der Waals surface area contributed by atoms with Crippen molar-refractivity contribution in [2.24, 2.45) is 11.7 Å². The second kappa shape index (κ2) is 6.54. The fraction of sp³-hybridized carbons (Fsp3) is 0.182. The van der Waals surface area contributed by atoms with E-state index in [1.807, 2.05) is 38.1 Å². The number of fused-ring (bicyclic) bond motifs is 1. The molecule has 29 heavy (non-hydrogen) atoms. The van der Waals surface area contributed by atoms with Gasteiger partial charge < -0.3 is 11.1 Å². The number of hydrogen-bond donors (Lipinski definition) is 2. The van der Waals surface area contributed by atoms with Gasteiger partial charge in [-0.25, -0.2) is 0 Å². The molecule has 1 fully saturated rings. The Labute approximate surface area is 173 Å². The Kier molecular flexibility index (Phi) is 4.25. The Bertz CT molecular complexity index is 1130. The highest BCUT2D eigenvalue weighted by Crippen LogP contribution is 2.51. The molecule has 6 nitrogen and oxygen atoms in total. The number of rotatable bonds is 3. The number of amides is 1. The average molecular weight is 402 g/mol. The van der Waals surface area contributed by atoms with Crippen molar-refractivity contribution in [3.05, 3.63) is 82.2 Å². The molecular formula is C22H18N4O2S. The van der Waals surface area contributed by atoms with E-state index in [-0.39, 0.29) is 22.3 Å². The van der Waals surface area contributed by atoms with Crippen LogP contribution in [0.15, 0.2) is 59.9 Å². The molecule has 4 rings (SSSR count). The number of thiocarbonyl (C=S) groups is 1. The number of nitrogens with one attached hydrogen (secondary N) is 1. The first kappa shape index (κ1) is 18.8. The molecule has 144 valence electrons. The monoisotopic (exact) mass is 402 g/mol. The van der Waals surface area contributed by atoms with Gasteiger partial charge in [0.15, 0.2) is 16.4 Å². The number of Topliss-reactive ketones (excluding diaryl/α,β-unsaturated/α-hetero) is 1. The van der Waals surface area contributed by atoms with Crippen molar-refractivity contribution in [3.8, 4) is 6.07 Å². The summed E-state index contributed by atoms with van der Waals surface area (Å²) in [6, 6.07) is 16.3. The average Bonchev–Trinajstić information content (AvgIpc) is 3.12. The lowest BCUT2D eigenvalue weighted by molar-refractivity contribution is -0.127. The van der Waals surface area contributed by atoms with Crippen LogP contribution in [0, 0.1) is 31.1 Å². The maximum absolute atomic E-state index is 13.6. The van der Waals surface area contributed by atoms with E-state index in [4.69, 9.17) is 18.0 Å². The molecule has 0 spiro atoms. The number of nitrogens with two attached hydrogens (primary N) is 1. The molecule has 1 amide bonds. The van der Waals surface area contributed by atoms with Crippen molar-refractivity contribution in [1.29, 1.82) is 5.26 Å². The third kappa shape index (κ3) is 2.50. The van der Waals surface area contributed by atoms with Gasteiger partial charge in [0, 0.05) is 5.56 Å². The van der Waals surface area contributed by atoms with E-state index in [0.717, 1.165) is 11.1 Å². The summed E-state index contributed by atoms with van der Waals surface area (Å²) in [4.78, 5) is 28.3. The number of benzene rings is 2. The summed E-state index contributed by atoms with van der Waals surface area (Å²) < 4.78 is 0.